The standard InChI is InChI=1S/C12H16N2O/c1-9-5-4-6-10(2)12(9)15-8-11(7-13)14-3/h4-6,11,14H,8H2,1-3H3. The highest BCUT2D eigenvalue weighted by atomic mass is 16.5. The molecule has 1 rings (SSSR count). The van der Waals surface area contributed by atoms with E-state index in [9.17, 15) is 0 Å². The lowest BCUT2D eigenvalue weighted by Crippen LogP contribution is -2.30. The molecule has 0 saturated heterocycles. The monoisotopic (exact) mass is 204 g/mol. The first-order valence-electron chi connectivity index (χ1n) is 4.95. The SMILES string of the molecule is CNC(C#N)COc1c(C)cccc1C. The van der Waals surface area contributed by atoms with Crippen LogP contribution in [-0.4, -0.2) is 19.7 Å². The average Bonchev–Trinajstić information content (AvgIpc) is 2.23. The van der Waals surface area contributed by atoms with E-state index in [1.54, 1.807) is 7.05 Å². The molecule has 1 unspecified atom stereocenters. The van der Waals surface area contributed by atoms with Crippen LogP contribution < -0.4 is 10.1 Å². The Morgan fingerprint density at radius 3 is 2.47 bits per heavy atom. The summed E-state index contributed by atoms with van der Waals surface area (Å²) in [7, 11) is 1.75. The van der Waals surface area contributed by atoms with Crippen molar-refractivity contribution in [2.24, 2.45) is 0 Å². The molecular weight excluding hydrogens is 188 g/mol. The van der Waals surface area contributed by atoms with E-state index in [0.29, 0.717) is 6.61 Å². The summed E-state index contributed by atoms with van der Waals surface area (Å²) in [5, 5.41) is 11.6. The van der Waals surface area contributed by atoms with Crippen molar-refractivity contribution in [2.45, 2.75) is 19.9 Å². The molecular formula is C12H16N2O. The molecule has 0 aliphatic carbocycles. The van der Waals surface area contributed by atoms with Gasteiger partial charge in [0.25, 0.3) is 0 Å². The minimum atomic E-state index is -0.260. The number of hydrogen-bond donors (Lipinski definition) is 1. The van der Waals surface area contributed by atoms with E-state index in [1.165, 1.54) is 0 Å². The van der Waals surface area contributed by atoms with Gasteiger partial charge in [0, 0.05) is 0 Å². The molecule has 1 atom stereocenters. The second-order valence-electron chi connectivity index (χ2n) is 3.50. The Morgan fingerprint density at radius 1 is 1.40 bits per heavy atom. The third kappa shape index (κ3) is 2.97. The van der Waals surface area contributed by atoms with Crippen LogP contribution in [0.15, 0.2) is 18.2 Å². The van der Waals surface area contributed by atoms with Crippen molar-refractivity contribution in [2.75, 3.05) is 13.7 Å². The van der Waals surface area contributed by atoms with Crippen LogP contribution in [0.1, 0.15) is 11.1 Å². The third-order valence-corrected chi connectivity index (χ3v) is 2.31. The van der Waals surface area contributed by atoms with Gasteiger partial charge in [-0.2, -0.15) is 5.26 Å². The lowest BCUT2D eigenvalue weighted by molar-refractivity contribution is 0.291. The zero-order chi connectivity index (χ0) is 11.3. The van der Waals surface area contributed by atoms with Gasteiger partial charge in [0.2, 0.25) is 0 Å². The van der Waals surface area contributed by atoms with Gasteiger partial charge in [0.05, 0.1) is 6.07 Å². The van der Waals surface area contributed by atoms with Crippen LogP contribution in [0, 0.1) is 25.2 Å². The maximum absolute atomic E-state index is 8.75. The number of likely N-dealkylation sites (N-methyl/N-ethyl adjacent to an activating group) is 1. The van der Waals surface area contributed by atoms with Gasteiger partial charge in [-0.1, -0.05) is 18.2 Å². The first kappa shape index (κ1) is 11.5. The topological polar surface area (TPSA) is 45.0 Å². The lowest BCUT2D eigenvalue weighted by Gasteiger charge is -2.14. The minimum absolute atomic E-state index is 0.260. The molecule has 0 aliphatic rings. The van der Waals surface area contributed by atoms with Gasteiger partial charge in [-0.25, -0.2) is 0 Å². The van der Waals surface area contributed by atoms with Gasteiger partial charge in [0.1, 0.15) is 18.4 Å². The van der Waals surface area contributed by atoms with Crippen LogP contribution >= 0.6 is 0 Å². The largest absolute Gasteiger partial charge is 0.490 e. The maximum atomic E-state index is 8.75. The fourth-order valence-corrected chi connectivity index (χ4v) is 1.38. The summed E-state index contributed by atoms with van der Waals surface area (Å²) >= 11 is 0. The number of nitrogens with one attached hydrogen (secondary N) is 1. The average molecular weight is 204 g/mol. The molecule has 3 nitrogen and oxygen atoms in total. The van der Waals surface area contributed by atoms with Gasteiger partial charge in [-0.05, 0) is 32.0 Å². The molecule has 0 spiro atoms. The van der Waals surface area contributed by atoms with Crippen molar-refractivity contribution in [1.82, 2.24) is 5.32 Å². The lowest BCUT2D eigenvalue weighted by atomic mass is 10.1. The normalized spacial score (nSPS) is 11.9. The molecule has 0 radical (unpaired) electrons. The second kappa shape index (κ2) is 5.38. The molecule has 3 heteroatoms. The maximum Gasteiger partial charge on any atom is 0.129 e. The molecule has 80 valence electrons. The summed E-state index contributed by atoms with van der Waals surface area (Å²) in [6.45, 7) is 4.38. The molecule has 0 heterocycles. The zero-order valence-corrected chi connectivity index (χ0v) is 9.37. The Bertz CT molecular complexity index is 348. The van der Waals surface area contributed by atoms with Crippen molar-refractivity contribution < 1.29 is 4.74 Å². The first-order chi connectivity index (χ1) is 7.19. The molecule has 1 N–H and O–H groups in total. The Kier molecular flexibility index (Phi) is 4.14. The van der Waals surface area contributed by atoms with Crippen LogP contribution in [0.2, 0.25) is 0 Å². The molecule has 0 amide bonds. The summed E-state index contributed by atoms with van der Waals surface area (Å²) < 4.78 is 5.63. The molecule has 0 bridgehead atoms. The van der Waals surface area contributed by atoms with Crippen molar-refractivity contribution >= 4 is 0 Å². The van der Waals surface area contributed by atoms with Crippen LogP contribution in [0.25, 0.3) is 0 Å². The summed E-state index contributed by atoms with van der Waals surface area (Å²) in [5.41, 5.74) is 2.20. The number of rotatable bonds is 4. The third-order valence-electron chi connectivity index (χ3n) is 2.31. The van der Waals surface area contributed by atoms with E-state index >= 15 is 0 Å². The quantitative estimate of drug-likeness (QED) is 0.813. The number of hydrogen-bond acceptors (Lipinski definition) is 3. The summed E-state index contributed by atoms with van der Waals surface area (Å²) in [6.07, 6.45) is 0. The van der Waals surface area contributed by atoms with Crippen LogP contribution in [-0.2, 0) is 0 Å². The number of para-hydroxylation sites is 1. The van der Waals surface area contributed by atoms with Gasteiger partial charge in [0.15, 0.2) is 0 Å². The highest BCUT2D eigenvalue weighted by molar-refractivity contribution is 5.39. The van der Waals surface area contributed by atoms with Crippen molar-refractivity contribution in [3.8, 4) is 11.8 Å². The number of aryl methyl sites for hydroxylation is 2. The van der Waals surface area contributed by atoms with Crippen molar-refractivity contribution in [3.05, 3.63) is 29.3 Å². The van der Waals surface area contributed by atoms with Crippen LogP contribution in [0.3, 0.4) is 0 Å². The van der Waals surface area contributed by atoms with Crippen LogP contribution in [0.4, 0.5) is 0 Å². The molecule has 0 aromatic heterocycles. The zero-order valence-electron chi connectivity index (χ0n) is 9.37. The van der Waals surface area contributed by atoms with Gasteiger partial charge in [-0.3, -0.25) is 0 Å². The van der Waals surface area contributed by atoms with Crippen LogP contribution in [0.5, 0.6) is 5.75 Å². The highest BCUT2D eigenvalue weighted by Gasteiger charge is 2.07. The predicted octanol–water partition coefficient (Wildman–Crippen LogP) is 1.79. The number of nitrogens with zero attached hydrogens (tertiary/aromatic N) is 1. The Hall–Kier alpha value is -1.53. The second-order valence-corrected chi connectivity index (χ2v) is 3.50. The fourth-order valence-electron chi connectivity index (χ4n) is 1.38. The molecule has 0 saturated carbocycles. The van der Waals surface area contributed by atoms with E-state index < -0.39 is 0 Å². The Labute approximate surface area is 90.7 Å². The summed E-state index contributed by atoms with van der Waals surface area (Å²) in [4.78, 5) is 0. The summed E-state index contributed by atoms with van der Waals surface area (Å²) in [5.74, 6) is 0.882. The van der Waals surface area contributed by atoms with E-state index in [1.807, 2.05) is 32.0 Å². The van der Waals surface area contributed by atoms with E-state index in [0.717, 1.165) is 16.9 Å². The van der Waals surface area contributed by atoms with Gasteiger partial charge < -0.3 is 10.1 Å². The number of nitriles is 1. The molecule has 1 aromatic rings. The first-order valence-corrected chi connectivity index (χ1v) is 4.95. The number of benzene rings is 1. The molecule has 1 aromatic carbocycles. The Morgan fingerprint density at radius 2 is 2.00 bits per heavy atom. The van der Waals surface area contributed by atoms with E-state index in [-0.39, 0.29) is 6.04 Å². The Balaban J connectivity index is 2.69. The van der Waals surface area contributed by atoms with Gasteiger partial charge >= 0.3 is 0 Å². The number of ether oxygens (including phenoxy) is 1. The smallest absolute Gasteiger partial charge is 0.129 e. The summed E-state index contributed by atoms with van der Waals surface area (Å²) in [6, 6.07) is 7.87. The van der Waals surface area contributed by atoms with Gasteiger partial charge in [-0.15, -0.1) is 0 Å². The fraction of sp³-hybridized carbons (Fsp3) is 0.417. The highest BCUT2D eigenvalue weighted by Crippen LogP contribution is 2.22. The molecule has 0 aliphatic heterocycles. The van der Waals surface area contributed by atoms with E-state index in [2.05, 4.69) is 11.4 Å². The minimum Gasteiger partial charge on any atom is -0.490 e. The van der Waals surface area contributed by atoms with Crippen molar-refractivity contribution in [1.29, 1.82) is 5.26 Å². The molecule has 15 heavy (non-hydrogen) atoms. The molecule has 0 fully saturated rings. The van der Waals surface area contributed by atoms with Crippen molar-refractivity contribution in [3.63, 3.8) is 0 Å². The predicted molar refractivity (Wildman–Crippen MR) is 59.9 cm³/mol. The van der Waals surface area contributed by atoms with E-state index in [4.69, 9.17) is 10.00 Å².